The van der Waals surface area contributed by atoms with Crippen molar-refractivity contribution in [2.45, 2.75) is 26.3 Å². The second kappa shape index (κ2) is 7.04. The lowest BCUT2D eigenvalue weighted by atomic mass is 10.2. The second-order valence-corrected chi connectivity index (χ2v) is 5.08. The van der Waals surface area contributed by atoms with Gasteiger partial charge in [-0.25, -0.2) is 9.97 Å². The number of hydrogen-bond acceptors (Lipinski definition) is 4. The summed E-state index contributed by atoms with van der Waals surface area (Å²) in [4.78, 5) is 20.3. The Labute approximate surface area is 128 Å². The summed E-state index contributed by atoms with van der Waals surface area (Å²) >= 11 is 6.01. The van der Waals surface area contributed by atoms with Gasteiger partial charge in [0.05, 0.1) is 10.7 Å². The van der Waals surface area contributed by atoms with Crippen molar-refractivity contribution in [1.82, 2.24) is 9.97 Å². The maximum absolute atomic E-state index is 12.2. The number of para-hydroxylation sites is 1. The molecule has 0 spiro atoms. The Morgan fingerprint density at radius 3 is 2.81 bits per heavy atom. The summed E-state index contributed by atoms with van der Waals surface area (Å²) in [7, 11) is 0. The standard InChI is InChI=1S/C15H17ClN4O/c1-3-10(2)19-14-8-13(17-9-18-14)15(21)20-12-7-5-4-6-11(12)16/h4-10H,3H2,1-2H3,(H,20,21)(H,17,18,19). The average molecular weight is 305 g/mol. The minimum absolute atomic E-state index is 0.277. The molecule has 5 nitrogen and oxygen atoms in total. The van der Waals surface area contributed by atoms with Gasteiger partial charge in [0.15, 0.2) is 0 Å². The Morgan fingerprint density at radius 1 is 1.33 bits per heavy atom. The van der Waals surface area contributed by atoms with Gasteiger partial charge in [-0.05, 0) is 25.5 Å². The highest BCUT2D eigenvalue weighted by Crippen LogP contribution is 2.21. The zero-order valence-corrected chi connectivity index (χ0v) is 12.7. The molecule has 21 heavy (non-hydrogen) atoms. The monoisotopic (exact) mass is 304 g/mol. The second-order valence-electron chi connectivity index (χ2n) is 4.68. The van der Waals surface area contributed by atoms with E-state index >= 15 is 0 Å². The van der Waals surface area contributed by atoms with Gasteiger partial charge < -0.3 is 10.6 Å². The largest absolute Gasteiger partial charge is 0.368 e. The normalized spacial score (nSPS) is 11.8. The number of hydrogen-bond donors (Lipinski definition) is 2. The summed E-state index contributed by atoms with van der Waals surface area (Å²) in [5.74, 6) is 0.307. The molecule has 0 saturated heterocycles. The van der Waals surface area contributed by atoms with Crippen molar-refractivity contribution in [3.63, 3.8) is 0 Å². The topological polar surface area (TPSA) is 66.9 Å². The first-order valence-electron chi connectivity index (χ1n) is 6.74. The zero-order valence-electron chi connectivity index (χ0n) is 11.9. The van der Waals surface area contributed by atoms with Crippen molar-refractivity contribution >= 4 is 29.0 Å². The zero-order chi connectivity index (χ0) is 15.2. The third-order valence-electron chi connectivity index (χ3n) is 3.03. The van der Waals surface area contributed by atoms with Gasteiger partial charge in [-0.15, -0.1) is 0 Å². The lowest BCUT2D eigenvalue weighted by Crippen LogP contribution is -2.17. The maximum atomic E-state index is 12.2. The highest BCUT2D eigenvalue weighted by atomic mass is 35.5. The van der Waals surface area contributed by atoms with E-state index in [9.17, 15) is 4.79 Å². The molecule has 6 heteroatoms. The summed E-state index contributed by atoms with van der Waals surface area (Å²) < 4.78 is 0. The molecule has 0 fully saturated rings. The molecule has 0 aliphatic carbocycles. The van der Waals surface area contributed by atoms with Crippen LogP contribution in [0.2, 0.25) is 5.02 Å². The fourth-order valence-electron chi connectivity index (χ4n) is 1.66. The Kier molecular flexibility index (Phi) is 5.11. The average Bonchev–Trinajstić information content (AvgIpc) is 2.49. The van der Waals surface area contributed by atoms with Crippen LogP contribution >= 0.6 is 11.6 Å². The van der Waals surface area contributed by atoms with E-state index in [0.717, 1.165) is 6.42 Å². The number of carbonyl (C=O) groups is 1. The number of halogens is 1. The predicted octanol–water partition coefficient (Wildman–Crippen LogP) is 3.59. The molecule has 0 radical (unpaired) electrons. The van der Waals surface area contributed by atoms with Crippen LogP contribution in [0, 0.1) is 0 Å². The maximum Gasteiger partial charge on any atom is 0.274 e. The first-order chi connectivity index (χ1) is 10.1. The summed E-state index contributed by atoms with van der Waals surface area (Å²) in [5.41, 5.74) is 0.843. The van der Waals surface area contributed by atoms with E-state index in [0.29, 0.717) is 16.5 Å². The molecular formula is C15H17ClN4O. The molecule has 1 atom stereocenters. The molecule has 1 unspecified atom stereocenters. The molecule has 0 aliphatic rings. The van der Waals surface area contributed by atoms with Gasteiger partial charge in [0.2, 0.25) is 0 Å². The van der Waals surface area contributed by atoms with E-state index in [1.54, 1.807) is 30.3 Å². The van der Waals surface area contributed by atoms with Crippen LogP contribution in [0.15, 0.2) is 36.7 Å². The molecule has 1 heterocycles. The van der Waals surface area contributed by atoms with Crippen molar-refractivity contribution in [2.75, 3.05) is 10.6 Å². The van der Waals surface area contributed by atoms with Crippen LogP contribution in [0.4, 0.5) is 11.5 Å². The minimum Gasteiger partial charge on any atom is -0.368 e. The molecular weight excluding hydrogens is 288 g/mol. The Bertz CT molecular complexity index is 633. The van der Waals surface area contributed by atoms with Crippen LogP contribution in [-0.2, 0) is 0 Å². The van der Waals surface area contributed by atoms with Gasteiger partial charge in [-0.3, -0.25) is 4.79 Å². The Hall–Kier alpha value is -2.14. The van der Waals surface area contributed by atoms with Gasteiger partial charge >= 0.3 is 0 Å². The van der Waals surface area contributed by atoms with Crippen molar-refractivity contribution < 1.29 is 4.79 Å². The molecule has 1 aromatic carbocycles. The van der Waals surface area contributed by atoms with Crippen LogP contribution in [0.1, 0.15) is 30.8 Å². The van der Waals surface area contributed by atoms with Gasteiger partial charge in [-0.2, -0.15) is 0 Å². The van der Waals surface area contributed by atoms with E-state index < -0.39 is 0 Å². The molecule has 1 aromatic heterocycles. The summed E-state index contributed by atoms with van der Waals surface area (Å²) in [6.45, 7) is 4.12. The van der Waals surface area contributed by atoms with Crippen LogP contribution in [-0.4, -0.2) is 21.9 Å². The van der Waals surface area contributed by atoms with Gasteiger partial charge in [0.25, 0.3) is 5.91 Å². The van der Waals surface area contributed by atoms with Crippen LogP contribution in [0.3, 0.4) is 0 Å². The molecule has 2 aromatic rings. The van der Waals surface area contributed by atoms with Crippen molar-refractivity contribution in [2.24, 2.45) is 0 Å². The van der Waals surface area contributed by atoms with E-state index in [1.165, 1.54) is 6.33 Å². The van der Waals surface area contributed by atoms with Gasteiger partial charge in [-0.1, -0.05) is 30.7 Å². The number of benzene rings is 1. The highest BCUT2D eigenvalue weighted by Gasteiger charge is 2.11. The van der Waals surface area contributed by atoms with E-state index in [4.69, 9.17) is 11.6 Å². The Balaban J connectivity index is 2.12. The summed E-state index contributed by atoms with van der Waals surface area (Å²) in [6.07, 6.45) is 2.33. The highest BCUT2D eigenvalue weighted by molar-refractivity contribution is 6.33. The van der Waals surface area contributed by atoms with Crippen molar-refractivity contribution in [3.8, 4) is 0 Å². The molecule has 0 aliphatic heterocycles. The Morgan fingerprint density at radius 2 is 2.10 bits per heavy atom. The molecule has 2 rings (SSSR count). The van der Waals surface area contributed by atoms with Crippen molar-refractivity contribution in [3.05, 3.63) is 47.4 Å². The SMILES string of the molecule is CCC(C)Nc1cc(C(=O)Nc2ccccc2Cl)ncn1. The van der Waals surface area contributed by atoms with Crippen LogP contribution < -0.4 is 10.6 Å². The fourth-order valence-corrected chi connectivity index (χ4v) is 1.85. The van der Waals surface area contributed by atoms with E-state index in [2.05, 4.69) is 27.5 Å². The number of nitrogens with one attached hydrogen (secondary N) is 2. The van der Waals surface area contributed by atoms with Crippen molar-refractivity contribution in [1.29, 1.82) is 0 Å². The third kappa shape index (κ3) is 4.16. The first-order valence-corrected chi connectivity index (χ1v) is 7.12. The van der Waals surface area contributed by atoms with E-state index in [1.807, 2.05) is 6.92 Å². The van der Waals surface area contributed by atoms with Gasteiger partial charge in [0.1, 0.15) is 17.8 Å². The lowest BCUT2D eigenvalue weighted by Gasteiger charge is -2.12. The molecule has 0 bridgehead atoms. The number of carbonyl (C=O) groups excluding carboxylic acids is 1. The number of aromatic nitrogens is 2. The quantitative estimate of drug-likeness (QED) is 0.886. The van der Waals surface area contributed by atoms with Gasteiger partial charge in [0, 0.05) is 12.1 Å². The smallest absolute Gasteiger partial charge is 0.274 e. The van der Waals surface area contributed by atoms with E-state index in [-0.39, 0.29) is 17.6 Å². The minimum atomic E-state index is -0.322. The molecule has 0 saturated carbocycles. The molecule has 110 valence electrons. The fraction of sp³-hybridized carbons (Fsp3) is 0.267. The number of amides is 1. The van der Waals surface area contributed by atoms with Crippen LogP contribution in [0.25, 0.3) is 0 Å². The first kappa shape index (κ1) is 15.3. The summed E-state index contributed by atoms with van der Waals surface area (Å²) in [6, 6.07) is 8.96. The summed E-state index contributed by atoms with van der Waals surface area (Å²) in [5, 5.41) is 6.42. The molecule has 1 amide bonds. The van der Waals surface area contributed by atoms with Crippen LogP contribution in [0.5, 0.6) is 0 Å². The predicted molar refractivity (Wildman–Crippen MR) is 84.8 cm³/mol. The third-order valence-corrected chi connectivity index (χ3v) is 3.36. The number of rotatable bonds is 5. The number of anilines is 2. The lowest BCUT2D eigenvalue weighted by molar-refractivity contribution is 0.102. The molecule has 2 N–H and O–H groups in total. The number of nitrogens with zero attached hydrogens (tertiary/aromatic N) is 2.